The molecule has 1 rings (SSSR count). The molecule has 5 heteroatoms. The molecule has 0 saturated carbocycles. The Morgan fingerprint density at radius 1 is 1.47 bits per heavy atom. The van der Waals surface area contributed by atoms with E-state index in [0.717, 1.165) is 11.4 Å². The molecule has 0 spiro atoms. The summed E-state index contributed by atoms with van der Waals surface area (Å²) in [7, 11) is 0. The maximum Gasteiger partial charge on any atom is 0.272 e. The van der Waals surface area contributed by atoms with E-state index in [9.17, 15) is 8.78 Å². The average Bonchev–Trinajstić information content (AvgIpc) is 2.13. The Balaban J connectivity index is 2.93. The van der Waals surface area contributed by atoms with Gasteiger partial charge in [0.1, 0.15) is 12.4 Å². The first-order valence-electron chi connectivity index (χ1n) is 4.62. The summed E-state index contributed by atoms with van der Waals surface area (Å²) in [5.41, 5.74) is 7.64. The van der Waals surface area contributed by atoms with Crippen molar-refractivity contribution in [3.05, 3.63) is 23.0 Å². The molecule has 1 aromatic heterocycles. The predicted octanol–water partition coefficient (Wildman–Crippen LogP) is 1.80. The van der Waals surface area contributed by atoms with Crippen molar-refractivity contribution >= 4 is 0 Å². The fourth-order valence-electron chi connectivity index (χ4n) is 1.35. The smallest absolute Gasteiger partial charge is 0.272 e. The van der Waals surface area contributed by atoms with Gasteiger partial charge in [-0.1, -0.05) is 0 Å². The Bertz CT molecular complexity index is 342. The van der Waals surface area contributed by atoms with E-state index in [4.69, 9.17) is 10.5 Å². The SMILES string of the molecule is Cc1cc(OCC(F)F)c(CN)c(C)n1. The van der Waals surface area contributed by atoms with Crippen LogP contribution in [0.15, 0.2) is 6.07 Å². The summed E-state index contributed by atoms with van der Waals surface area (Å²) in [6.45, 7) is 3.18. The van der Waals surface area contributed by atoms with Crippen molar-refractivity contribution in [1.29, 1.82) is 0 Å². The molecule has 0 fully saturated rings. The van der Waals surface area contributed by atoms with Gasteiger partial charge in [0.15, 0.2) is 0 Å². The lowest BCUT2D eigenvalue weighted by Crippen LogP contribution is -2.11. The lowest BCUT2D eigenvalue weighted by Gasteiger charge is -2.12. The Kier molecular flexibility index (Phi) is 3.96. The van der Waals surface area contributed by atoms with E-state index in [-0.39, 0.29) is 6.54 Å². The second-order valence-electron chi connectivity index (χ2n) is 3.23. The minimum Gasteiger partial charge on any atom is -0.487 e. The van der Waals surface area contributed by atoms with Crippen molar-refractivity contribution in [1.82, 2.24) is 4.98 Å². The zero-order valence-corrected chi connectivity index (χ0v) is 8.76. The van der Waals surface area contributed by atoms with Crippen LogP contribution in [-0.4, -0.2) is 18.0 Å². The Labute approximate surface area is 87.3 Å². The highest BCUT2D eigenvalue weighted by atomic mass is 19.3. The van der Waals surface area contributed by atoms with E-state index in [1.807, 2.05) is 0 Å². The third-order valence-electron chi connectivity index (χ3n) is 1.99. The second-order valence-corrected chi connectivity index (χ2v) is 3.23. The Hall–Kier alpha value is -1.23. The van der Waals surface area contributed by atoms with Gasteiger partial charge in [0.25, 0.3) is 6.43 Å². The van der Waals surface area contributed by atoms with Gasteiger partial charge in [0.2, 0.25) is 0 Å². The van der Waals surface area contributed by atoms with Crippen LogP contribution in [0.25, 0.3) is 0 Å². The maximum absolute atomic E-state index is 12.0. The van der Waals surface area contributed by atoms with Crippen LogP contribution in [-0.2, 0) is 6.54 Å². The highest BCUT2D eigenvalue weighted by molar-refractivity contribution is 5.37. The van der Waals surface area contributed by atoms with E-state index < -0.39 is 13.0 Å². The first-order chi connectivity index (χ1) is 7.04. The average molecular weight is 216 g/mol. The Morgan fingerprint density at radius 2 is 2.13 bits per heavy atom. The van der Waals surface area contributed by atoms with E-state index in [0.29, 0.717) is 11.3 Å². The molecule has 0 amide bonds. The molecule has 1 aromatic rings. The molecule has 0 aliphatic heterocycles. The fourth-order valence-corrected chi connectivity index (χ4v) is 1.35. The Morgan fingerprint density at radius 3 is 2.67 bits per heavy atom. The molecule has 15 heavy (non-hydrogen) atoms. The molecule has 0 unspecified atom stereocenters. The van der Waals surface area contributed by atoms with Crippen LogP contribution in [0.4, 0.5) is 8.78 Å². The second kappa shape index (κ2) is 5.02. The van der Waals surface area contributed by atoms with Gasteiger partial charge in [-0.2, -0.15) is 0 Å². The number of ether oxygens (including phenoxy) is 1. The van der Waals surface area contributed by atoms with Crippen molar-refractivity contribution in [3.8, 4) is 5.75 Å². The van der Waals surface area contributed by atoms with Crippen LogP contribution >= 0.6 is 0 Å². The van der Waals surface area contributed by atoms with Crippen molar-refractivity contribution < 1.29 is 13.5 Å². The first kappa shape index (κ1) is 11.8. The number of hydrogen-bond acceptors (Lipinski definition) is 3. The largest absolute Gasteiger partial charge is 0.487 e. The maximum atomic E-state index is 12.0. The molecule has 0 radical (unpaired) electrons. The topological polar surface area (TPSA) is 48.1 Å². The molecule has 3 nitrogen and oxygen atoms in total. The molecule has 0 bridgehead atoms. The van der Waals surface area contributed by atoms with Crippen molar-refractivity contribution in [2.24, 2.45) is 5.73 Å². The standard InChI is InChI=1S/C10H14F2N2O/c1-6-3-9(15-5-10(11)12)8(4-13)7(2)14-6/h3,10H,4-5,13H2,1-2H3. The van der Waals surface area contributed by atoms with Gasteiger partial charge in [-0.15, -0.1) is 0 Å². The zero-order chi connectivity index (χ0) is 11.4. The zero-order valence-electron chi connectivity index (χ0n) is 8.76. The monoisotopic (exact) mass is 216 g/mol. The van der Waals surface area contributed by atoms with Crippen molar-refractivity contribution in [2.45, 2.75) is 26.8 Å². The highest BCUT2D eigenvalue weighted by Gasteiger charge is 2.10. The number of hydrogen-bond donors (Lipinski definition) is 1. The lowest BCUT2D eigenvalue weighted by atomic mass is 10.1. The summed E-state index contributed by atoms with van der Waals surface area (Å²) in [5.74, 6) is 0.405. The van der Waals surface area contributed by atoms with Gasteiger partial charge < -0.3 is 10.5 Å². The van der Waals surface area contributed by atoms with Gasteiger partial charge in [-0.05, 0) is 13.8 Å². The van der Waals surface area contributed by atoms with Crippen LogP contribution < -0.4 is 10.5 Å². The number of rotatable bonds is 4. The fraction of sp³-hybridized carbons (Fsp3) is 0.500. The van der Waals surface area contributed by atoms with E-state index in [1.54, 1.807) is 19.9 Å². The molecule has 0 aromatic carbocycles. The van der Waals surface area contributed by atoms with Crippen LogP contribution in [0, 0.1) is 13.8 Å². The quantitative estimate of drug-likeness (QED) is 0.834. The van der Waals surface area contributed by atoms with Crippen LogP contribution in [0.1, 0.15) is 17.0 Å². The highest BCUT2D eigenvalue weighted by Crippen LogP contribution is 2.22. The third kappa shape index (κ3) is 3.13. The number of nitrogens with two attached hydrogens (primary N) is 1. The van der Waals surface area contributed by atoms with Crippen molar-refractivity contribution in [2.75, 3.05) is 6.61 Å². The molecular weight excluding hydrogens is 202 g/mol. The minimum atomic E-state index is -2.48. The molecule has 2 N–H and O–H groups in total. The van der Waals surface area contributed by atoms with Crippen molar-refractivity contribution in [3.63, 3.8) is 0 Å². The summed E-state index contributed by atoms with van der Waals surface area (Å²) in [6.07, 6.45) is -2.48. The van der Waals surface area contributed by atoms with Gasteiger partial charge >= 0.3 is 0 Å². The molecule has 0 saturated heterocycles. The predicted molar refractivity (Wildman–Crippen MR) is 53.1 cm³/mol. The van der Waals surface area contributed by atoms with E-state index in [2.05, 4.69) is 4.98 Å². The number of pyridine rings is 1. The van der Waals surface area contributed by atoms with Gasteiger partial charge in [-0.25, -0.2) is 8.78 Å². The lowest BCUT2D eigenvalue weighted by molar-refractivity contribution is 0.0813. The van der Waals surface area contributed by atoms with Gasteiger partial charge in [-0.3, -0.25) is 4.98 Å². The van der Waals surface area contributed by atoms with Crippen LogP contribution in [0.5, 0.6) is 5.75 Å². The van der Waals surface area contributed by atoms with Crippen LogP contribution in [0.2, 0.25) is 0 Å². The normalized spacial score (nSPS) is 10.8. The van der Waals surface area contributed by atoms with E-state index >= 15 is 0 Å². The summed E-state index contributed by atoms with van der Waals surface area (Å²) < 4.78 is 29.0. The summed E-state index contributed by atoms with van der Waals surface area (Å²) in [4.78, 5) is 4.18. The van der Waals surface area contributed by atoms with Gasteiger partial charge in [0.05, 0.1) is 0 Å². The van der Waals surface area contributed by atoms with E-state index in [1.165, 1.54) is 0 Å². The number of aromatic nitrogens is 1. The first-order valence-corrected chi connectivity index (χ1v) is 4.62. The summed E-state index contributed by atoms with van der Waals surface area (Å²) >= 11 is 0. The molecule has 0 atom stereocenters. The van der Waals surface area contributed by atoms with Gasteiger partial charge in [0, 0.05) is 29.6 Å². The molecule has 0 aliphatic carbocycles. The number of alkyl halides is 2. The molecule has 84 valence electrons. The molecule has 0 aliphatic rings. The summed E-state index contributed by atoms with van der Waals surface area (Å²) in [6, 6.07) is 1.62. The molecular formula is C10H14F2N2O. The number of nitrogens with zero attached hydrogens (tertiary/aromatic N) is 1. The number of aryl methyl sites for hydroxylation is 2. The molecule has 1 heterocycles. The minimum absolute atomic E-state index is 0.234. The van der Waals surface area contributed by atoms with Crippen LogP contribution in [0.3, 0.4) is 0 Å². The number of halogens is 2. The third-order valence-corrected chi connectivity index (χ3v) is 1.99. The summed E-state index contributed by atoms with van der Waals surface area (Å²) in [5, 5.41) is 0.